The summed E-state index contributed by atoms with van der Waals surface area (Å²) in [5, 5.41) is 17.6. The summed E-state index contributed by atoms with van der Waals surface area (Å²) in [6, 6.07) is 2.46. The van der Waals surface area contributed by atoms with E-state index in [1.165, 1.54) is 0 Å². The second-order valence-electron chi connectivity index (χ2n) is 2.14. The summed E-state index contributed by atoms with van der Waals surface area (Å²) in [4.78, 5) is -0.653. The van der Waals surface area contributed by atoms with Gasteiger partial charge in [0.05, 0.1) is 4.90 Å². The fourth-order valence-electron chi connectivity index (χ4n) is 0.712. The molecule has 0 saturated carbocycles. The van der Waals surface area contributed by atoms with Crippen LogP contribution in [0.4, 0.5) is 0 Å². The Labute approximate surface area is 108 Å². The zero-order chi connectivity index (χ0) is 9.35. The van der Waals surface area contributed by atoms with Gasteiger partial charge in [-0.1, -0.05) is 0 Å². The van der Waals surface area contributed by atoms with Crippen LogP contribution in [-0.2, 0) is 10.1 Å². The molecule has 0 fully saturated rings. The molecule has 9 heteroatoms. The van der Waals surface area contributed by atoms with Gasteiger partial charge < -0.3 is 25.7 Å². The van der Waals surface area contributed by atoms with Crippen LogP contribution >= 0.6 is 0 Å². The van der Waals surface area contributed by atoms with Gasteiger partial charge in [0.15, 0.2) is 0 Å². The van der Waals surface area contributed by atoms with E-state index in [1.54, 1.807) is 0 Å². The second kappa shape index (κ2) is 7.01. The summed E-state index contributed by atoms with van der Waals surface area (Å²) in [5.74, 6) is -0.936. The third-order valence-corrected chi connectivity index (χ3v) is 1.98. The number of phenols is 2. The van der Waals surface area contributed by atoms with Crippen LogP contribution in [0.5, 0.6) is 11.5 Å². The van der Waals surface area contributed by atoms with E-state index in [2.05, 4.69) is 0 Å². The van der Waals surface area contributed by atoms with Crippen molar-refractivity contribution < 1.29 is 63.7 Å². The maximum Gasteiger partial charge on any atom is 1.00 e. The van der Waals surface area contributed by atoms with E-state index in [0.29, 0.717) is 0 Å². The fraction of sp³-hybridized carbons (Fsp3) is 0. The summed E-state index contributed by atoms with van der Waals surface area (Å²) in [7, 11) is -4.62. The summed E-state index contributed by atoms with van der Waals surface area (Å²) >= 11 is 0. The molecule has 1 rings (SSSR count). The number of phenolic OH excluding ortho intramolecular Hbond substituents is 2. The topological polar surface area (TPSA) is 161 Å². The molecule has 0 atom stereocenters. The van der Waals surface area contributed by atoms with E-state index < -0.39 is 26.5 Å². The minimum absolute atomic E-state index is 0. The molecule has 0 amide bonds. The van der Waals surface area contributed by atoms with Crippen molar-refractivity contribution in [3.63, 3.8) is 0 Å². The Morgan fingerprint density at radius 1 is 1.00 bits per heavy atom. The molecule has 15 heavy (non-hydrogen) atoms. The summed E-state index contributed by atoms with van der Waals surface area (Å²) in [6.45, 7) is 0. The van der Waals surface area contributed by atoms with Gasteiger partial charge in [-0.25, -0.2) is 8.42 Å². The third-order valence-electron chi connectivity index (χ3n) is 1.16. The smallest absolute Gasteiger partial charge is 0.744 e. The van der Waals surface area contributed by atoms with Crippen molar-refractivity contribution in [2.24, 2.45) is 0 Å². The fourth-order valence-corrected chi connectivity index (χ4v) is 1.24. The first kappa shape index (κ1) is 20.1. The quantitative estimate of drug-likeness (QED) is 0.376. The first-order valence-electron chi connectivity index (χ1n) is 2.88. The van der Waals surface area contributed by atoms with Gasteiger partial charge in [-0.2, -0.15) is 0 Å². The monoisotopic (exact) mass is 248 g/mol. The third kappa shape index (κ3) is 5.95. The SMILES string of the molecule is O.O.O=S(=O)([O-])c1cc(O)cc(O)c1.[Na+]. The van der Waals surface area contributed by atoms with Crippen molar-refractivity contribution in [2.75, 3.05) is 0 Å². The van der Waals surface area contributed by atoms with Gasteiger partial charge in [-0.05, 0) is 12.1 Å². The van der Waals surface area contributed by atoms with Gasteiger partial charge in [0.25, 0.3) is 0 Å². The molecule has 82 valence electrons. The Morgan fingerprint density at radius 3 is 1.60 bits per heavy atom. The number of rotatable bonds is 1. The molecule has 0 aliphatic rings. The molecule has 1 aromatic carbocycles. The number of hydrogen-bond acceptors (Lipinski definition) is 5. The molecule has 0 radical (unpaired) electrons. The molecule has 0 heterocycles. The molecule has 0 aromatic heterocycles. The zero-order valence-corrected chi connectivity index (χ0v) is 10.6. The van der Waals surface area contributed by atoms with E-state index in [-0.39, 0.29) is 40.5 Å². The minimum atomic E-state index is -4.62. The second-order valence-corrected chi connectivity index (χ2v) is 3.52. The van der Waals surface area contributed by atoms with Crippen LogP contribution in [0.15, 0.2) is 23.1 Å². The van der Waals surface area contributed by atoms with Crippen molar-refractivity contribution in [1.29, 1.82) is 0 Å². The van der Waals surface area contributed by atoms with Gasteiger partial charge in [0, 0.05) is 6.07 Å². The van der Waals surface area contributed by atoms with Crippen LogP contribution in [-0.4, -0.2) is 34.1 Å². The predicted molar refractivity (Wildman–Crippen MR) is 45.0 cm³/mol. The number of hydrogen-bond donors (Lipinski definition) is 2. The van der Waals surface area contributed by atoms with Crippen molar-refractivity contribution in [1.82, 2.24) is 0 Å². The molecule has 0 saturated heterocycles. The molecule has 6 N–H and O–H groups in total. The van der Waals surface area contributed by atoms with Crippen molar-refractivity contribution in [2.45, 2.75) is 4.90 Å². The normalized spacial score (nSPS) is 9.13. The van der Waals surface area contributed by atoms with Gasteiger partial charge in [0.2, 0.25) is 0 Å². The van der Waals surface area contributed by atoms with Crippen molar-refractivity contribution >= 4 is 10.1 Å². The maximum atomic E-state index is 10.4. The molecule has 0 unspecified atom stereocenters. The Balaban J connectivity index is -0.000000480. The first-order chi connectivity index (χ1) is 5.39. The average molecular weight is 248 g/mol. The molecule has 0 aliphatic heterocycles. The van der Waals surface area contributed by atoms with Gasteiger partial charge >= 0.3 is 29.6 Å². The summed E-state index contributed by atoms with van der Waals surface area (Å²) in [5.41, 5.74) is 0. The van der Waals surface area contributed by atoms with Gasteiger partial charge in [0.1, 0.15) is 21.6 Å². The van der Waals surface area contributed by atoms with Gasteiger partial charge in [-0.3, -0.25) is 0 Å². The largest absolute Gasteiger partial charge is 1.00 e. The molecule has 0 aliphatic carbocycles. The molecule has 0 spiro atoms. The van der Waals surface area contributed by atoms with E-state index in [4.69, 9.17) is 10.2 Å². The maximum absolute atomic E-state index is 10.4. The molecule has 7 nitrogen and oxygen atoms in total. The van der Waals surface area contributed by atoms with E-state index in [9.17, 15) is 13.0 Å². The van der Waals surface area contributed by atoms with Crippen LogP contribution in [0.25, 0.3) is 0 Å². The van der Waals surface area contributed by atoms with Crippen LogP contribution in [0, 0.1) is 0 Å². The molecular formula is C6H9NaO7S. The Morgan fingerprint density at radius 2 is 1.33 bits per heavy atom. The van der Waals surface area contributed by atoms with Crippen LogP contribution in [0.3, 0.4) is 0 Å². The van der Waals surface area contributed by atoms with Crippen LogP contribution in [0.2, 0.25) is 0 Å². The standard InChI is InChI=1S/C6H6O5S.Na.2H2O/c7-4-1-5(8)3-6(2-4)12(9,10)11;;;/h1-3,7-8H,(H,9,10,11);;2*1H2/q;+1;;/p-1. The zero-order valence-electron chi connectivity index (χ0n) is 7.76. The molecular weight excluding hydrogens is 239 g/mol. The Hall–Kier alpha value is -0.350. The van der Waals surface area contributed by atoms with Gasteiger partial charge in [-0.15, -0.1) is 0 Å². The van der Waals surface area contributed by atoms with E-state index >= 15 is 0 Å². The first-order valence-corrected chi connectivity index (χ1v) is 4.29. The average Bonchev–Trinajstić information content (AvgIpc) is 1.82. The Bertz CT molecular complexity index is 382. The molecule has 1 aromatic rings. The van der Waals surface area contributed by atoms with Crippen molar-refractivity contribution in [3.8, 4) is 11.5 Å². The molecule has 0 bridgehead atoms. The van der Waals surface area contributed by atoms with Crippen LogP contribution < -0.4 is 29.6 Å². The predicted octanol–water partition coefficient (Wildman–Crippen LogP) is -4.64. The van der Waals surface area contributed by atoms with Crippen LogP contribution in [0.1, 0.15) is 0 Å². The Kier molecular flexibility index (Phi) is 9.40. The van der Waals surface area contributed by atoms with Crippen molar-refractivity contribution in [3.05, 3.63) is 18.2 Å². The number of benzene rings is 1. The summed E-state index contributed by atoms with van der Waals surface area (Å²) < 4.78 is 31.1. The number of aromatic hydroxyl groups is 2. The summed E-state index contributed by atoms with van der Waals surface area (Å²) in [6.07, 6.45) is 0. The van der Waals surface area contributed by atoms with E-state index in [0.717, 1.165) is 18.2 Å². The van der Waals surface area contributed by atoms with E-state index in [1.807, 2.05) is 0 Å². The minimum Gasteiger partial charge on any atom is -0.744 e.